The van der Waals surface area contributed by atoms with Gasteiger partial charge in [-0.05, 0) is 44.0 Å². The molecule has 1 fully saturated rings. The van der Waals surface area contributed by atoms with Crippen molar-refractivity contribution >= 4 is 16.7 Å². The van der Waals surface area contributed by atoms with Gasteiger partial charge in [0.2, 0.25) is 0 Å². The van der Waals surface area contributed by atoms with E-state index in [9.17, 15) is 4.79 Å². The Morgan fingerprint density at radius 1 is 1.20 bits per heavy atom. The molecule has 0 amide bonds. The zero-order valence-corrected chi connectivity index (χ0v) is 11.8. The molecule has 1 aromatic carbocycles. The first kappa shape index (κ1) is 13.3. The molecule has 2 aromatic rings. The van der Waals surface area contributed by atoms with Crippen LogP contribution in [0.4, 0.5) is 0 Å². The van der Waals surface area contributed by atoms with Gasteiger partial charge in [-0.15, -0.1) is 0 Å². The summed E-state index contributed by atoms with van der Waals surface area (Å²) in [5.74, 6) is 0.180. The van der Waals surface area contributed by atoms with Crippen molar-refractivity contribution in [2.75, 3.05) is 0 Å². The highest BCUT2D eigenvalue weighted by molar-refractivity contribution is 6.01. The summed E-state index contributed by atoms with van der Waals surface area (Å²) in [5, 5.41) is 1.02. The molecular weight excluding hydrogens is 248 g/mol. The lowest BCUT2D eigenvalue weighted by atomic mass is 9.80. The SMILES string of the molecule is Cc1ccc2cc(C(=O)C3CCCCC3N)ccc2n1. The van der Waals surface area contributed by atoms with Gasteiger partial charge in [-0.1, -0.05) is 18.9 Å². The van der Waals surface area contributed by atoms with Crippen LogP contribution in [0.3, 0.4) is 0 Å². The molecule has 3 heteroatoms. The van der Waals surface area contributed by atoms with E-state index in [0.29, 0.717) is 0 Å². The summed E-state index contributed by atoms with van der Waals surface area (Å²) in [5.41, 5.74) is 8.82. The summed E-state index contributed by atoms with van der Waals surface area (Å²) in [7, 11) is 0. The van der Waals surface area contributed by atoms with Crippen molar-refractivity contribution in [1.82, 2.24) is 4.98 Å². The highest BCUT2D eigenvalue weighted by atomic mass is 16.1. The van der Waals surface area contributed by atoms with Gasteiger partial charge in [0.15, 0.2) is 5.78 Å². The largest absolute Gasteiger partial charge is 0.327 e. The molecule has 2 N–H and O–H groups in total. The van der Waals surface area contributed by atoms with Gasteiger partial charge in [0, 0.05) is 28.6 Å². The minimum absolute atomic E-state index is 0.0143. The Morgan fingerprint density at radius 3 is 2.80 bits per heavy atom. The van der Waals surface area contributed by atoms with Gasteiger partial charge < -0.3 is 5.73 Å². The van der Waals surface area contributed by atoms with E-state index < -0.39 is 0 Å². The first-order valence-corrected chi connectivity index (χ1v) is 7.32. The fourth-order valence-corrected chi connectivity index (χ4v) is 3.08. The Morgan fingerprint density at radius 2 is 2.00 bits per heavy atom. The number of ketones is 1. The molecule has 0 spiro atoms. The minimum atomic E-state index is -0.0143. The summed E-state index contributed by atoms with van der Waals surface area (Å²) < 4.78 is 0. The summed E-state index contributed by atoms with van der Waals surface area (Å²) in [6, 6.07) is 9.79. The second kappa shape index (κ2) is 5.33. The quantitative estimate of drug-likeness (QED) is 0.851. The van der Waals surface area contributed by atoms with Gasteiger partial charge in [-0.25, -0.2) is 0 Å². The number of pyridine rings is 1. The number of fused-ring (bicyclic) bond motifs is 1. The number of carbonyl (C=O) groups excluding carboxylic acids is 1. The number of aromatic nitrogens is 1. The van der Waals surface area contributed by atoms with Crippen LogP contribution in [0.5, 0.6) is 0 Å². The molecule has 1 aliphatic carbocycles. The lowest BCUT2D eigenvalue weighted by molar-refractivity contribution is 0.0871. The summed E-state index contributed by atoms with van der Waals surface area (Å²) >= 11 is 0. The molecule has 1 aromatic heterocycles. The van der Waals surface area contributed by atoms with Gasteiger partial charge in [0.25, 0.3) is 0 Å². The van der Waals surface area contributed by atoms with Crippen LogP contribution in [0, 0.1) is 12.8 Å². The van der Waals surface area contributed by atoms with Crippen molar-refractivity contribution in [3.8, 4) is 0 Å². The number of carbonyl (C=O) groups is 1. The lowest BCUT2D eigenvalue weighted by Gasteiger charge is -2.27. The molecule has 0 saturated heterocycles. The van der Waals surface area contributed by atoms with E-state index in [0.717, 1.165) is 47.8 Å². The van der Waals surface area contributed by atoms with Crippen molar-refractivity contribution in [3.05, 3.63) is 41.6 Å². The second-order valence-electron chi connectivity index (χ2n) is 5.78. The molecule has 0 aliphatic heterocycles. The monoisotopic (exact) mass is 268 g/mol. The maximum Gasteiger partial charge on any atom is 0.167 e. The maximum absolute atomic E-state index is 12.6. The summed E-state index contributed by atoms with van der Waals surface area (Å²) in [6.07, 6.45) is 4.14. The van der Waals surface area contributed by atoms with Crippen LogP contribution in [0.25, 0.3) is 10.9 Å². The van der Waals surface area contributed by atoms with Crippen LogP contribution in [0.2, 0.25) is 0 Å². The first-order valence-electron chi connectivity index (χ1n) is 7.32. The van der Waals surface area contributed by atoms with Crippen molar-refractivity contribution in [1.29, 1.82) is 0 Å². The summed E-state index contributed by atoms with van der Waals surface area (Å²) in [4.78, 5) is 17.1. The average molecular weight is 268 g/mol. The maximum atomic E-state index is 12.6. The zero-order valence-electron chi connectivity index (χ0n) is 11.8. The fraction of sp³-hybridized carbons (Fsp3) is 0.412. The molecule has 20 heavy (non-hydrogen) atoms. The van der Waals surface area contributed by atoms with E-state index in [1.165, 1.54) is 0 Å². The molecule has 3 nitrogen and oxygen atoms in total. The lowest BCUT2D eigenvalue weighted by Crippen LogP contribution is -2.38. The standard InChI is InChI=1S/C17H20N2O/c1-11-6-7-12-10-13(8-9-16(12)19-11)17(20)14-4-2-3-5-15(14)18/h6-10,14-15H,2-5,18H2,1H3. The van der Waals surface area contributed by atoms with E-state index in [4.69, 9.17) is 5.73 Å². The topological polar surface area (TPSA) is 56.0 Å². The van der Waals surface area contributed by atoms with Gasteiger partial charge in [0.05, 0.1) is 5.52 Å². The van der Waals surface area contributed by atoms with Crippen molar-refractivity contribution in [2.24, 2.45) is 11.7 Å². The molecular formula is C17H20N2O. The molecule has 1 heterocycles. The average Bonchev–Trinajstić information content (AvgIpc) is 2.46. The minimum Gasteiger partial charge on any atom is -0.327 e. The Bertz CT molecular complexity index is 650. The molecule has 0 bridgehead atoms. The van der Waals surface area contributed by atoms with E-state index in [-0.39, 0.29) is 17.7 Å². The van der Waals surface area contributed by atoms with Crippen LogP contribution in [0.15, 0.2) is 30.3 Å². The smallest absolute Gasteiger partial charge is 0.167 e. The third-order valence-corrected chi connectivity index (χ3v) is 4.27. The number of benzene rings is 1. The summed E-state index contributed by atoms with van der Waals surface area (Å²) in [6.45, 7) is 1.97. The van der Waals surface area contributed by atoms with Gasteiger partial charge in [-0.3, -0.25) is 9.78 Å². The van der Waals surface area contributed by atoms with Gasteiger partial charge in [0.1, 0.15) is 0 Å². The first-order chi connectivity index (χ1) is 9.65. The van der Waals surface area contributed by atoms with E-state index in [2.05, 4.69) is 4.98 Å². The third kappa shape index (κ3) is 2.46. The van der Waals surface area contributed by atoms with E-state index in [1.807, 2.05) is 37.3 Å². The van der Waals surface area contributed by atoms with Crippen molar-refractivity contribution in [3.63, 3.8) is 0 Å². The number of aryl methyl sites for hydroxylation is 1. The number of hydrogen-bond acceptors (Lipinski definition) is 3. The number of hydrogen-bond donors (Lipinski definition) is 1. The van der Waals surface area contributed by atoms with Crippen molar-refractivity contribution in [2.45, 2.75) is 38.6 Å². The van der Waals surface area contributed by atoms with Gasteiger partial charge >= 0.3 is 0 Å². The Hall–Kier alpha value is -1.74. The van der Waals surface area contributed by atoms with E-state index in [1.54, 1.807) is 0 Å². The molecule has 0 radical (unpaired) electrons. The molecule has 1 aliphatic rings. The number of rotatable bonds is 2. The second-order valence-corrected chi connectivity index (χ2v) is 5.78. The number of Topliss-reactive ketones (excluding diaryl/α,β-unsaturated/α-hetero) is 1. The van der Waals surface area contributed by atoms with Crippen LogP contribution < -0.4 is 5.73 Å². The zero-order chi connectivity index (χ0) is 14.1. The van der Waals surface area contributed by atoms with Crippen molar-refractivity contribution < 1.29 is 4.79 Å². The number of nitrogens with two attached hydrogens (primary N) is 1. The Balaban J connectivity index is 1.93. The highest BCUT2D eigenvalue weighted by Gasteiger charge is 2.28. The van der Waals surface area contributed by atoms with Crippen LogP contribution in [0.1, 0.15) is 41.7 Å². The van der Waals surface area contributed by atoms with Crippen LogP contribution in [-0.4, -0.2) is 16.8 Å². The molecule has 104 valence electrons. The molecule has 2 unspecified atom stereocenters. The molecule has 3 rings (SSSR count). The third-order valence-electron chi connectivity index (χ3n) is 4.27. The molecule has 1 saturated carbocycles. The number of nitrogens with zero attached hydrogens (tertiary/aromatic N) is 1. The Kier molecular flexibility index (Phi) is 3.53. The normalized spacial score (nSPS) is 22.9. The predicted octanol–water partition coefficient (Wildman–Crippen LogP) is 3.24. The predicted molar refractivity (Wildman–Crippen MR) is 80.7 cm³/mol. The van der Waals surface area contributed by atoms with Crippen LogP contribution >= 0.6 is 0 Å². The highest BCUT2D eigenvalue weighted by Crippen LogP contribution is 2.27. The van der Waals surface area contributed by atoms with E-state index >= 15 is 0 Å². The molecule has 2 atom stereocenters. The fourth-order valence-electron chi connectivity index (χ4n) is 3.08. The Labute approximate surface area is 119 Å². The van der Waals surface area contributed by atoms with Gasteiger partial charge in [-0.2, -0.15) is 0 Å². The van der Waals surface area contributed by atoms with Crippen LogP contribution in [-0.2, 0) is 0 Å².